The van der Waals surface area contributed by atoms with Crippen molar-refractivity contribution >= 4 is 29.2 Å². The summed E-state index contributed by atoms with van der Waals surface area (Å²) in [7, 11) is 0. The summed E-state index contributed by atoms with van der Waals surface area (Å²) in [4.78, 5) is 23.3. The number of carboxylic acids is 1. The number of rotatable bonds is 3. The maximum absolute atomic E-state index is 12.1. The highest BCUT2D eigenvalue weighted by Crippen LogP contribution is 2.24. The second kappa shape index (κ2) is 5.85. The molecule has 0 aliphatic heterocycles. The van der Waals surface area contributed by atoms with Gasteiger partial charge in [0.1, 0.15) is 5.75 Å². The van der Waals surface area contributed by atoms with E-state index in [1.165, 1.54) is 30.3 Å². The average molecular weight is 306 g/mol. The number of benzene rings is 2. The van der Waals surface area contributed by atoms with Gasteiger partial charge in [-0.1, -0.05) is 23.2 Å². The first kappa shape index (κ1) is 14.9. The van der Waals surface area contributed by atoms with Crippen LogP contribution >= 0.6 is 11.6 Å². The van der Waals surface area contributed by atoms with Gasteiger partial charge in [0, 0.05) is 5.56 Å². The van der Waals surface area contributed by atoms with Crippen LogP contribution in [0.1, 0.15) is 26.3 Å². The van der Waals surface area contributed by atoms with Gasteiger partial charge in [0.25, 0.3) is 5.91 Å². The molecule has 0 aliphatic carbocycles. The van der Waals surface area contributed by atoms with E-state index in [1.807, 2.05) is 0 Å². The molecule has 2 rings (SSSR count). The number of phenols is 1. The molecule has 1 amide bonds. The van der Waals surface area contributed by atoms with Crippen molar-refractivity contribution in [2.24, 2.45) is 0 Å². The number of hydrogen-bond acceptors (Lipinski definition) is 3. The van der Waals surface area contributed by atoms with Gasteiger partial charge in [-0.15, -0.1) is 0 Å². The molecule has 0 bridgehead atoms. The van der Waals surface area contributed by atoms with Gasteiger partial charge in [-0.05, 0) is 37.3 Å². The fourth-order valence-electron chi connectivity index (χ4n) is 1.79. The number of carbonyl (C=O) groups excluding carboxylic acids is 1. The molecule has 108 valence electrons. The molecule has 2 aromatic carbocycles. The lowest BCUT2D eigenvalue weighted by molar-refractivity contribution is 0.0698. The topological polar surface area (TPSA) is 86.6 Å². The van der Waals surface area contributed by atoms with Crippen molar-refractivity contribution in [3.63, 3.8) is 0 Å². The zero-order valence-corrected chi connectivity index (χ0v) is 11.8. The third-order valence-electron chi connectivity index (χ3n) is 2.86. The van der Waals surface area contributed by atoms with Crippen LogP contribution in [-0.4, -0.2) is 22.1 Å². The number of halogens is 1. The Morgan fingerprint density at radius 3 is 2.48 bits per heavy atom. The Kier molecular flexibility index (Phi) is 4.14. The lowest BCUT2D eigenvalue weighted by Gasteiger charge is -2.10. The predicted molar refractivity (Wildman–Crippen MR) is 79.2 cm³/mol. The molecule has 0 atom stereocenters. The van der Waals surface area contributed by atoms with E-state index in [1.54, 1.807) is 13.0 Å². The van der Waals surface area contributed by atoms with Crippen molar-refractivity contribution in [3.8, 4) is 5.75 Å². The van der Waals surface area contributed by atoms with E-state index in [4.69, 9.17) is 16.7 Å². The van der Waals surface area contributed by atoms with Gasteiger partial charge in [0.05, 0.1) is 16.3 Å². The molecular formula is C15H12ClNO4. The molecule has 3 N–H and O–H groups in total. The van der Waals surface area contributed by atoms with E-state index in [2.05, 4.69) is 5.32 Å². The van der Waals surface area contributed by atoms with Gasteiger partial charge in [-0.25, -0.2) is 4.79 Å². The number of aromatic carboxylic acids is 1. The number of aryl methyl sites for hydroxylation is 1. The Bertz CT molecular complexity index is 728. The maximum Gasteiger partial charge on any atom is 0.337 e. The van der Waals surface area contributed by atoms with Crippen molar-refractivity contribution in [2.45, 2.75) is 6.92 Å². The van der Waals surface area contributed by atoms with E-state index in [0.717, 1.165) is 5.56 Å². The second-order valence-electron chi connectivity index (χ2n) is 4.47. The van der Waals surface area contributed by atoms with Crippen LogP contribution in [-0.2, 0) is 0 Å². The van der Waals surface area contributed by atoms with Crippen LogP contribution < -0.4 is 5.32 Å². The molecule has 0 heterocycles. The molecule has 21 heavy (non-hydrogen) atoms. The molecule has 0 spiro atoms. The molecule has 0 aliphatic rings. The van der Waals surface area contributed by atoms with E-state index in [0.29, 0.717) is 0 Å². The van der Waals surface area contributed by atoms with Gasteiger partial charge in [0.2, 0.25) is 0 Å². The zero-order valence-electron chi connectivity index (χ0n) is 11.1. The lowest BCUT2D eigenvalue weighted by atomic mass is 10.1. The molecule has 0 unspecified atom stereocenters. The van der Waals surface area contributed by atoms with E-state index in [9.17, 15) is 14.7 Å². The summed E-state index contributed by atoms with van der Waals surface area (Å²) >= 11 is 5.74. The summed E-state index contributed by atoms with van der Waals surface area (Å²) in [6.07, 6.45) is 0. The molecule has 0 radical (unpaired) electrons. The van der Waals surface area contributed by atoms with Gasteiger partial charge >= 0.3 is 5.97 Å². The summed E-state index contributed by atoms with van der Waals surface area (Å²) in [5.74, 6) is -1.77. The Labute approximate surface area is 125 Å². The number of nitrogens with one attached hydrogen (secondary N) is 1. The van der Waals surface area contributed by atoms with Gasteiger partial charge in [0.15, 0.2) is 0 Å². The van der Waals surface area contributed by atoms with Crippen LogP contribution in [0.4, 0.5) is 5.69 Å². The third kappa shape index (κ3) is 3.32. The zero-order chi connectivity index (χ0) is 15.6. The summed E-state index contributed by atoms with van der Waals surface area (Å²) in [6, 6.07) is 8.70. The highest BCUT2D eigenvalue weighted by Gasteiger charge is 2.14. The van der Waals surface area contributed by atoms with Crippen molar-refractivity contribution in [1.29, 1.82) is 0 Å². The van der Waals surface area contributed by atoms with Crippen LogP contribution in [0.5, 0.6) is 5.75 Å². The van der Waals surface area contributed by atoms with Gasteiger partial charge in [-0.2, -0.15) is 0 Å². The molecule has 5 nitrogen and oxygen atoms in total. The standard InChI is InChI=1S/C15H12ClNO4/c1-8-2-4-12(10(6-8)15(20)21)17-14(19)9-3-5-13(18)11(16)7-9/h2-7,18H,1H3,(H,17,19)(H,20,21). The summed E-state index contributed by atoms with van der Waals surface area (Å²) in [6.45, 7) is 1.76. The fraction of sp³-hybridized carbons (Fsp3) is 0.0667. The number of amides is 1. The molecule has 0 saturated heterocycles. The summed E-state index contributed by atoms with van der Waals surface area (Å²) in [5, 5.41) is 21.0. The Balaban J connectivity index is 2.31. The number of hydrogen-bond donors (Lipinski definition) is 3. The molecule has 0 fully saturated rings. The third-order valence-corrected chi connectivity index (χ3v) is 3.17. The smallest absolute Gasteiger partial charge is 0.337 e. The second-order valence-corrected chi connectivity index (χ2v) is 4.88. The summed E-state index contributed by atoms with van der Waals surface area (Å²) < 4.78 is 0. The number of carboxylic acid groups (broad SMARTS) is 1. The highest BCUT2D eigenvalue weighted by atomic mass is 35.5. The Morgan fingerprint density at radius 1 is 1.14 bits per heavy atom. The number of aromatic hydroxyl groups is 1. The monoisotopic (exact) mass is 305 g/mol. The largest absolute Gasteiger partial charge is 0.506 e. The predicted octanol–water partition coefficient (Wildman–Crippen LogP) is 3.30. The van der Waals surface area contributed by atoms with Crippen LogP contribution in [0.3, 0.4) is 0 Å². The van der Waals surface area contributed by atoms with Crippen molar-refractivity contribution in [3.05, 3.63) is 58.1 Å². The number of anilines is 1. The number of carbonyl (C=O) groups is 2. The molecular weight excluding hydrogens is 294 g/mol. The van der Waals surface area contributed by atoms with E-state index >= 15 is 0 Å². The van der Waals surface area contributed by atoms with E-state index in [-0.39, 0.29) is 27.6 Å². The first-order valence-corrected chi connectivity index (χ1v) is 6.40. The normalized spacial score (nSPS) is 10.2. The first-order valence-electron chi connectivity index (χ1n) is 6.02. The fourth-order valence-corrected chi connectivity index (χ4v) is 1.97. The molecule has 0 saturated carbocycles. The van der Waals surface area contributed by atoms with Crippen LogP contribution in [0.15, 0.2) is 36.4 Å². The Hall–Kier alpha value is -2.53. The minimum absolute atomic E-state index is 0.00762. The van der Waals surface area contributed by atoms with Crippen LogP contribution in [0, 0.1) is 6.92 Å². The molecule has 0 aromatic heterocycles. The Morgan fingerprint density at radius 2 is 1.86 bits per heavy atom. The first-order chi connectivity index (χ1) is 9.88. The van der Waals surface area contributed by atoms with Gasteiger partial charge in [-0.3, -0.25) is 4.79 Å². The van der Waals surface area contributed by atoms with Crippen LogP contribution in [0.25, 0.3) is 0 Å². The lowest BCUT2D eigenvalue weighted by Crippen LogP contribution is -2.15. The molecule has 6 heteroatoms. The quantitative estimate of drug-likeness (QED) is 0.812. The van der Waals surface area contributed by atoms with Crippen molar-refractivity contribution < 1.29 is 19.8 Å². The van der Waals surface area contributed by atoms with Crippen LogP contribution in [0.2, 0.25) is 5.02 Å². The minimum atomic E-state index is -1.13. The summed E-state index contributed by atoms with van der Waals surface area (Å²) in [5.41, 5.74) is 1.20. The SMILES string of the molecule is Cc1ccc(NC(=O)c2ccc(O)c(Cl)c2)c(C(=O)O)c1. The minimum Gasteiger partial charge on any atom is -0.506 e. The van der Waals surface area contributed by atoms with Crippen molar-refractivity contribution in [2.75, 3.05) is 5.32 Å². The average Bonchev–Trinajstić information content (AvgIpc) is 2.43. The van der Waals surface area contributed by atoms with E-state index < -0.39 is 11.9 Å². The van der Waals surface area contributed by atoms with Gasteiger partial charge < -0.3 is 15.5 Å². The highest BCUT2D eigenvalue weighted by molar-refractivity contribution is 6.32. The number of phenolic OH excluding ortho intramolecular Hbond substituents is 1. The van der Waals surface area contributed by atoms with Crippen molar-refractivity contribution in [1.82, 2.24) is 0 Å². The maximum atomic E-state index is 12.1. The molecule has 2 aromatic rings.